The molecule has 7 nitrogen and oxygen atoms in total. The summed E-state index contributed by atoms with van der Waals surface area (Å²) in [5.74, 6) is -0.858. The molecule has 0 spiro atoms. The number of ether oxygens (including phenoxy) is 1. The smallest absolute Gasteiger partial charge is 0.290 e. The number of furan rings is 2. The molecule has 0 saturated carbocycles. The molecule has 166 valence electrons. The number of nitrogens with zero attached hydrogens (tertiary/aromatic N) is 1. The second-order valence-electron chi connectivity index (χ2n) is 7.54. The summed E-state index contributed by atoms with van der Waals surface area (Å²) in [7, 11) is 1.51. The summed E-state index contributed by atoms with van der Waals surface area (Å²) in [6, 6.07) is 16.6. The van der Waals surface area contributed by atoms with Crippen molar-refractivity contribution < 1.29 is 28.3 Å². The van der Waals surface area contributed by atoms with Crippen LogP contribution in [0.4, 0.5) is 0 Å². The van der Waals surface area contributed by atoms with E-state index in [0.717, 1.165) is 9.86 Å². The number of aliphatic hydroxyl groups excluding tert-OH is 1. The van der Waals surface area contributed by atoms with Gasteiger partial charge < -0.3 is 23.6 Å². The number of hydrogen-bond donors (Lipinski definition) is 1. The summed E-state index contributed by atoms with van der Waals surface area (Å²) in [6.45, 7) is 0.0580. The first kappa shape index (κ1) is 21.1. The Morgan fingerprint density at radius 2 is 1.97 bits per heavy atom. The largest absolute Gasteiger partial charge is 0.503 e. The van der Waals surface area contributed by atoms with Gasteiger partial charge in [0.25, 0.3) is 5.91 Å². The molecule has 1 N–H and O–H groups in total. The van der Waals surface area contributed by atoms with Crippen LogP contribution >= 0.6 is 15.9 Å². The van der Waals surface area contributed by atoms with E-state index < -0.39 is 23.5 Å². The highest BCUT2D eigenvalue weighted by molar-refractivity contribution is 9.10. The first-order chi connectivity index (χ1) is 16.0. The summed E-state index contributed by atoms with van der Waals surface area (Å²) >= 11 is 3.40. The number of ketones is 1. The number of methoxy groups -OCH3 is 1. The van der Waals surface area contributed by atoms with Crippen LogP contribution in [-0.2, 0) is 11.3 Å². The van der Waals surface area contributed by atoms with Crippen LogP contribution in [0, 0.1) is 0 Å². The molecule has 0 saturated heterocycles. The average molecular weight is 508 g/mol. The zero-order chi connectivity index (χ0) is 23.1. The predicted molar refractivity (Wildman–Crippen MR) is 123 cm³/mol. The fourth-order valence-corrected chi connectivity index (χ4v) is 4.47. The van der Waals surface area contributed by atoms with Gasteiger partial charge in [-0.05, 0) is 42.5 Å². The van der Waals surface area contributed by atoms with Gasteiger partial charge in [-0.3, -0.25) is 9.59 Å². The van der Waals surface area contributed by atoms with Crippen molar-refractivity contribution in [3.05, 3.63) is 99.8 Å². The second kappa shape index (κ2) is 8.29. The van der Waals surface area contributed by atoms with Crippen molar-refractivity contribution in [2.45, 2.75) is 12.6 Å². The number of carbonyl (C=O) groups excluding carboxylic acids is 2. The second-order valence-corrected chi connectivity index (χ2v) is 8.46. The molecule has 1 atom stereocenters. The molecule has 2 aromatic carbocycles. The highest BCUT2D eigenvalue weighted by Gasteiger charge is 2.45. The van der Waals surface area contributed by atoms with Gasteiger partial charge in [-0.2, -0.15) is 0 Å². The lowest BCUT2D eigenvalue weighted by Gasteiger charge is -2.27. The molecular weight excluding hydrogens is 490 g/mol. The Bertz CT molecular complexity index is 1400. The van der Waals surface area contributed by atoms with E-state index >= 15 is 0 Å². The van der Waals surface area contributed by atoms with E-state index in [-0.39, 0.29) is 17.9 Å². The zero-order valence-corrected chi connectivity index (χ0v) is 19.0. The summed E-state index contributed by atoms with van der Waals surface area (Å²) in [4.78, 5) is 28.1. The minimum atomic E-state index is -0.897. The van der Waals surface area contributed by atoms with Crippen LogP contribution in [0.5, 0.6) is 5.75 Å². The Hall–Kier alpha value is -3.78. The Labute approximate surface area is 197 Å². The van der Waals surface area contributed by atoms with E-state index in [1.165, 1.54) is 18.3 Å². The lowest BCUT2D eigenvalue weighted by molar-refractivity contribution is -0.130. The van der Waals surface area contributed by atoms with Crippen LogP contribution < -0.4 is 4.74 Å². The maximum absolute atomic E-state index is 13.6. The van der Waals surface area contributed by atoms with Gasteiger partial charge >= 0.3 is 0 Å². The molecule has 33 heavy (non-hydrogen) atoms. The van der Waals surface area contributed by atoms with E-state index in [4.69, 9.17) is 13.6 Å². The van der Waals surface area contributed by atoms with Crippen molar-refractivity contribution in [3.8, 4) is 5.75 Å². The Morgan fingerprint density at radius 1 is 1.15 bits per heavy atom. The number of aliphatic hydroxyl groups is 1. The zero-order valence-electron chi connectivity index (χ0n) is 17.4. The highest BCUT2D eigenvalue weighted by Crippen LogP contribution is 2.43. The molecule has 1 aliphatic rings. The minimum Gasteiger partial charge on any atom is -0.503 e. The van der Waals surface area contributed by atoms with E-state index in [0.29, 0.717) is 22.7 Å². The van der Waals surface area contributed by atoms with Crippen molar-refractivity contribution in [1.29, 1.82) is 0 Å². The maximum atomic E-state index is 13.6. The standard InChI is InChI=1S/C25H18BrNO6/c1-31-19-7-3-2-6-17(19)22-21(24(29)25(30)27(22)13-16-5-4-10-32-16)23(28)20-12-14-11-15(26)8-9-18(14)33-20/h2-12,22,29H,13H2,1H3. The Balaban J connectivity index is 1.63. The molecule has 3 heterocycles. The lowest BCUT2D eigenvalue weighted by atomic mass is 9.94. The van der Waals surface area contributed by atoms with E-state index in [2.05, 4.69) is 15.9 Å². The fourth-order valence-electron chi connectivity index (χ4n) is 4.09. The third-order valence-electron chi connectivity index (χ3n) is 5.59. The van der Waals surface area contributed by atoms with E-state index in [9.17, 15) is 14.7 Å². The SMILES string of the molecule is COc1ccccc1C1C(C(=O)c2cc3cc(Br)ccc3o2)=C(O)C(=O)N1Cc1ccco1. The minimum absolute atomic E-state index is 0.0252. The molecule has 1 amide bonds. The van der Waals surface area contributed by atoms with Crippen LogP contribution in [0.1, 0.15) is 27.9 Å². The lowest BCUT2D eigenvalue weighted by Crippen LogP contribution is -2.30. The number of amides is 1. The van der Waals surface area contributed by atoms with Crippen LogP contribution in [0.3, 0.4) is 0 Å². The highest BCUT2D eigenvalue weighted by atomic mass is 79.9. The molecule has 2 aromatic heterocycles. The van der Waals surface area contributed by atoms with Gasteiger partial charge in [0.1, 0.15) is 17.1 Å². The van der Waals surface area contributed by atoms with Gasteiger partial charge in [-0.15, -0.1) is 0 Å². The van der Waals surface area contributed by atoms with E-state index in [1.54, 1.807) is 54.6 Å². The van der Waals surface area contributed by atoms with Crippen molar-refractivity contribution in [3.63, 3.8) is 0 Å². The number of para-hydroxylation sites is 1. The number of Topliss-reactive ketones (excluding diaryl/α,β-unsaturated/α-hetero) is 1. The normalized spacial score (nSPS) is 16.1. The molecule has 0 radical (unpaired) electrons. The van der Waals surface area contributed by atoms with E-state index in [1.807, 2.05) is 6.07 Å². The first-order valence-corrected chi connectivity index (χ1v) is 10.9. The van der Waals surface area contributed by atoms with Crippen LogP contribution in [0.2, 0.25) is 0 Å². The molecule has 1 unspecified atom stereocenters. The molecule has 1 aliphatic heterocycles. The Morgan fingerprint density at radius 3 is 2.73 bits per heavy atom. The maximum Gasteiger partial charge on any atom is 0.290 e. The number of halogens is 1. The predicted octanol–water partition coefficient (Wildman–Crippen LogP) is 5.58. The van der Waals surface area contributed by atoms with Gasteiger partial charge in [0.05, 0.1) is 31.5 Å². The summed E-state index contributed by atoms with van der Waals surface area (Å²) < 4.78 is 17.5. The van der Waals surface area contributed by atoms with Crippen molar-refractivity contribution >= 4 is 38.6 Å². The third kappa shape index (κ3) is 3.62. The van der Waals surface area contributed by atoms with Crippen LogP contribution in [-0.4, -0.2) is 28.8 Å². The summed E-state index contributed by atoms with van der Waals surface area (Å²) in [5.41, 5.74) is 1.01. The molecule has 0 aliphatic carbocycles. The molecular formula is C25H18BrNO6. The topological polar surface area (TPSA) is 93.1 Å². The number of hydrogen-bond acceptors (Lipinski definition) is 6. The average Bonchev–Trinajstić information content (AvgIpc) is 3.54. The monoisotopic (exact) mass is 507 g/mol. The van der Waals surface area contributed by atoms with Gasteiger partial charge in [0.15, 0.2) is 11.5 Å². The van der Waals surface area contributed by atoms with Crippen molar-refractivity contribution in [1.82, 2.24) is 4.90 Å². The fraction of sp³-hybridized carbons (Fsp3) is 0.120. The third-order valence-corrected chi connectivity index (χ3v) is 6.08. The Kier molecular flexibility index (Phi) is 5.30. The molecule has 0 fully saturated rings. The van der Waals surface area contributed by atoms with Gasteiger partial charge in [-0.1, -0.05) is 34.1 Å². The number of rotatable bonds is 6. The van der Waals surface area contributed by atoms with Gasteiger partial charge in [0, 0.05) is 15.4 Å². The summed E-state index contributed by atoms with van der Waals surface area (Å²) in [6.07, 6.45) is 1.50. The quantitative estimate of drug-likeness (QED) is 0.342. The number of carbonyl (C=O) groups is 2. The van der Waals surface area contributed by atoms with Gasteiger partial charge in [-0.25, -0.2) is 0 Å². The first-order valence-electron chi connectivity index (χ1n) is 10.1. The van der Waals surface area contributed by atoms with Crippen LogP contribution in [0.25, 0.3) is 11.0 Å². The molecule has 8 heteroatoms. The van der Waals surface area contributed by atoms with Crippen molar-refractivity contribution in [2.75, 3.05) is 7.11 Å². The van der Waals surface area contributed by atoms with Crippen LogP contribution in [0.15, 0.2) is 91.6 Å². The molecule has 5 rings (SSSR count). The molecule has 4 aromatic rings. The van der Waals surface area contributed by atoms with Gasteiger partial charge in [0.2, 0.25) is 5.78 Å². The summed E-state index contributed by atoms with van der Waals surface area (Å²) in [5, 5.41) is 11.6. The van der Waals surface area contributed by atoms with Crippen molar-refractivity contribution in [2.24, 2.45) is 0 Å². The number of benzene rings is 2. The number of fused-ring (bicyclic) bond motifs is 1. The molecule has 0 bridgehead atoms.